The monoisotopic (exact) mass is 352 g/mol. The molecule has 1 saturated carbocycles. The lowest BCUT2D eigenvalue weighted by molar-refractivity contribution is -0.157. The average Bonchev–Trinajstić information content (AvgIpc) is 2.42. The molecule has 0 aromatic heterocycles. The number of hydrogen-bond acceptors (Lipinski definition) is 4. The standard InChI is InChI=1S/C20H36N2O3/c1-13(2)16-8-7-14(3)9-17(16)19(24)21-15-10-22(11-15)12-18(23)25-20(4,5)6/h13-17H,7-12H2,1-6H3,(H,21,24)/t14-,16+,17-/m1/s1. The molecule has 0 aromatic rings. The molecule has 25 heavy (non-hydrogen) atoms. The second-order valence-corrected chi connectivity index (χ2v) is 9.42. The molecule has 5 heteroatoms. The second-order valence-electron chi connectivity index (χ2n) is 9.42. The van der Waals surface area contributed by atoms with Crippen LogP contribution in [-0.4, -0.2) is 48.1 Å². The maximum atomic E-state index is 12.8. The van der Waals surface area contributed by atoms with Gasteiger partial charge in [-0.15, -0.1) is 0 Å². The highest BCUT2D eigenvalue weighted by Gasteiger charge is 2.38. The maximum Gasteiger partial charge on any atom is 0.320 e. The molecule has 144 valence electrons. The first-order valence-electron chi connectivity index (χ1n) is 9.79. The van der Waals surface area contributed by atoms with Crippen molar-refractivity contribution in [3.8, 4) is 0 Å². The van der Waals surface area contributed by atoms with E-state index in [9.17, 15) is 9.59 Å². The van der Waals surface area contributed by atoms with E-state index < -0.39 is 5.60 Å². The van der Waals surface area contributed by atoms with Crippen LogP contribution in [0.4, 0.5) is 0 Å². The van der Waals surface area contributed by atoms with E-state index in [0.29, 0.717) is 24.3 Å². The van der Waals surface area contributed by atoms with Crippen molar-refractivity contribution >= 4 is 11.9 Å². The van der Waals surface area contributed by atoms with E-state index in [4.69, 9.17) is 4.74 Å². The lowest BCUT2D eigenvalue weighted by atomic mass is 9.69. The molecule has 0 radical (unpaired) electrons. The Morgan fingerprint density at radius 1 is 1.20 bits per heavy atom. The minimum absolute atomic E-state index is 0.142. The van der Waals surface area contributed by atoms with E-state index in [-0.39, 0.29) is 23.8 Å². The first kappa shape index (κ1) is 20.2. The van der Waals surface area contributed by atoms with Gasteiger partial charge < -0.3 is 10.1 Å². The van der Waals surface area contributed by atoms with E-state index in [1.165, 1.54) is 6.42 Å². The molecule has 1 saturated heterocycles. The summed E-state index contributed by atoms with van der Waals surface area (Å²) in [6.07, 6.45) is 3.40. The number of carbonyl (C=O) groups is 2. The summed E-state index contributed by atoms with van der Waals surface area (Å²) in [5, 5.41) is 3.21. The fraction of sp³-hybridized carbons (Fsp3) is 0.900. The van der Waals surface area contributed by atoms with Crippen LogP contribution in [0.15, 0.2) is 0 Å². The van der Waals surface area contributed by atoms with Gasteiger partial charge in [0.05, 0.1) is 12.6 Å². The van der Waals surface area contributed by atoms with Crippen molar-refractivity contribution in [1.82, 2.24) is 10.2 Å². The summed E-state index contributed by atoms with van der Waals surface area (Å²) < 4.78 is 5.34. The van der Waals surface area contributed by atoms with Gasteiger partial charge in [0, 0.05) is 19.0 Å². The summed E-state index contributed by atoms with van der Waals surface area (Å²) in [7, 11) is 0. The number of ether oxygens (including phenoxy) is 1. The Bertz CT molecular complexity index is 478. The average molecular weight is 353 g/mol. The SMILES string of the molecule is CC(C)[C@@H]1CC[C@@H](C)C[C@H]1C(=O)NC1CN(CC(=O)OC(C)(C)C)C1. The Morgan fingerprint density at radius 2 is 1.84 bits per heavy atom. The predicted octanol–water partition coefficient (Wildman–Crippen LogP) is 2.84. The molecule has 0 unspecified atom stereocenters. The summed E-state index contributed by atoms with van der Waals surface area (Å²) in [5.74, 6) is 1.84. The van der Waals surface area contributed by atoms with Crippen LogP contribution in [0, 0.1) is 23.7 Å². The first-order chi connectivity index (χ1) is 11.5. The van der Waals surface area contributed by atoms with Crippen LogP contribution in [-0.2, 0) is 14.3 Å². The zero-order valence-corrected chi connectivity index (χ0v) is 16.8. The topological polar surface area (TPSA) is 58.6 Å². The highest BCUT2D eigenvalue weighted by molar-refractivity contribution is 5.79. The van der Waals surface area contributed by atoms with E-state index in [0.717, 1.165) is 25.9 Å². The Morgan fingerprint density at radius 3 is 2.40 bits per heavy atom. The largest absolute Gasteiger partial charge is 0.459 e. The Balaban J connectivity index is 1.76. The summed E-state index contributed by atoms with van der Waals surface area (Å²) in [6, 6.07) is 0.167. The normalized spacial score (nSPS) is 28.5. The summed E-state index contributed by atoms with van der Waals surface area (Å²) in [5.41, 5.74) is -0.445. The number of amides is 1. The lowest BCUT2D eigenvalue weighted by Crippen LogP contribution is -2.61. The van der Waals surface area contributed by atoms with Crippen molar-refractivity contribution in [2.75, 3.05) is 19.6 Å². The highest BCUT2D eigenvalue weighted by atomic mass is 16.6. The number of nitrogens with zero attached hydrogens (tertiary/aromatic N) is 1. The van der Waals surface area contributed by atoms with Gasteiger partial charge in [-0.05, 0) is 51.4 Å². The van der Waals surface area contributed by atoms with E-state index in [1.54, 1.807) is 0 Å². The summed E-state index contributed by atoms with van der Waals surface area (Å²) >= 11 is 0. The van der Waals surface area contributed by atoms with E-state index >= 15 is 0 Å². The number of hydrogen-bond donors (Lipinski definition) is 1. The molecule has 1 amide bonds. The molecular formula is C20H36N2O3. The van der Waals surface area contributed by atoms with Crippen molar-refractivity contribution in [2.24, 2.45) is 23.7 Å². The molecule has 5 nitrogen and oxygen atoms in total. The lowest BCUT2D eigenvalue weighted by Gasteiger charge is -2.42. The fourth-order valence-corrected chi connectivity index (χ4v) is 4.16. The molecule has 1 aliphatic heterocycles. The molecule has 1 heterocycles. The van der Waals surface area contributed by atoms with Crippen LogP contribution < -0.4 is 5.32 Å². The summed E-state index contributed by atoms with van der Waals surface area (Å²) in [6.45, 7) is 14.1. The van der Waals surface area contributed by atoms with Crippen LogP contribution in [0.25, 0.3) is 0 Å². The minimum Gasteiger partial charge on any atom is -0.459 e. The molecule has 2 rings (SSSR count). The zero-order chi connectivity index (χ0) is 18.8. The third kappa shape index (κ3) is 5.98. The Kier molecular flexibility index (Phi) is 6.52. The third-order valence-electron chi connectivity index (χ3n) is 5.44. The van der Waals surface area contributed by atoms with Gasteiger partial charge in [-0.3, -0.25) is 14.5 Å². The van der Waals surface area contributed by atoms with Crippen molar-refractivity contribution in [3.63, 3.8) is 0 Å². The van der Waals surface area contributed by atoms with Crippen LogP contribution in [0.5, 0.6) is 0 Å². The fourth-order valence-electron chi connectivity index (χ4n) is 4.16. The van der Waals surface area contributed by atoms with Gasteiger partial charge in [-0.2, -0.15) is 0 Å². The molecular weight excluding hydrogens is 316 g/mol. The van der Waals surface area contributed by atoms with Gasteiger partial charge in [0.25, 0.3) is 0 Å². The van der Waals surface area contributed by atoms with Gasteiger partial charge in [-0.1, -0.05) is 27.2 Å². The predicted molar refractivity (Wildman–Crippen MR) is 99.0 cm³/mol. The van der Waals surface area contributed by atoms with Gasteiger partial charge >= 0.3 is 5.97 Å². The van der Waals surface area contributed by atoms with Crippen molar-refractivity contribution in [3.05, 3.63) is 0 Å². The van der Waals surface area contributed by atoms with E-state index in [1.807, 2.05) is 25.7 Å². The van der Waals surface area contributed by atoms with E-state index in [2.05, 4.69) is 26.1 Å². The van der Waals surface area contributed by atoms with Crippen LogP contribution in [0.1, 0.15) is 60.8 Å². The van der Waals surface area contributed by atoms with Crippen LogP contribution in [0.2, 0.25) is 0 Å². The Labute approximate surface area is 152 Å². The summed E-state index contributed by atoms with van der Waals surface area (Å²) in [4.78, 5) is 26.6. The molecule has 0 bridgehead atoms. The molecule has 1 aliphatic carbocycles. The minimum atomic E-state index is -0.445. The number of likely N-dealkylation sites (tertiary alicyclic amines) is 1. The zero-order valence-electron chi connectivity index (χ0n) is 16.8. The van der Waals surface area contributed by atoms with Crippen molar-refractivity contribution in [2.45, 2.75) is 72.4 Å². The van der Waals surface area contributed by atoms with Gasteiger partial charge in [0.2, 0.25) is 5.91 Å². The molecule has 2 aliphatic rings. The molecule has 3 atom stereocenters. The van der Waals surface area contributed by atoms with Crippen LogP contribution in [0.3, 0.4) is 0 Å². The second kappa shape index (κ2) is 8.07. The number of nitrogens with one attached hydrogen (secondary N) is 1. The number of rotatable bonds is 5. The van der Waals surface area contributed by atoms with Crippen LogP contribution >= 0.6 is 0 Å². The molecule has 0 spiro atoms. The highest BCUT2D eigenvalue weighted by Crippen LogP contribution is 2.38. The quantitative estimate of drug-likeness (QED) is 0.773. The third-order valence-corrected chi connectivity index (χ3v) is 5.44. The Hall–Kier alpha value is -1.10. The molecule has 2 fully saturated rings. The maximum absolute atomic E-state index is 12.8. The van der Waals surface area contributed by atoms with Gasteiger partial charge in [0.1, 0.15) is 5.60 Å². The smallest absolute Gasteiger partial charge is 0.320 e. The number of esters is 1. The van der Waals surface area contributed by atoms with Gasteiger partial charge in [0.15, 0.2) is 0 Å². The van der Waals surface area contributed by atoms with Crippen molar-refractivity contribution in [1.29, 1.82) is 0 Å². The van der Waals surface area contributed by atoms with Gasteiger partial charge in [-0.25, -0.2) is 0 Å². The molecule has 0 aromatic carbocycles. The first-order valence-corrected chi connectivity index (χ1v) is 9.79. The molecule has 1 N–H and O–H groups in total. The number of carbonyl (C=O) groups excluding carboxylic acids is 2. The van der Waals surface area contributed by atoms with Crippen molar-refractivity contribution < 1.29 is 14.3 Å².